The number of carbonyl (C=O) groups is 3. The van der Waals surface area contributed by atoms with E-state index < -0.39 is 17.5 Å². The van der Waals surface area contributed by atoms with Crippen molar-refractivity contribution in [3.8, 4) is 11.5 Å². The maximum absolute atomic E-state index is 13.1. The first-order chi connectivity index (χ1) is 17.3. The average Bonchev–Trinajstić information content (AvgIpc) is 2.90. The highest BCUT2D eigenvalue weighted by atomic mass is 32.2. The van der Waals surface area contributed by atoms with E-state index >= 15 is 0 Å². The number of hydrogen-bond donors (Lipinski definition) is 3. The zero-order valence-corrected chi connectivity index (χ0v) is 21.5. The summed E-state index contributed by atoms with van der Waals surface area (Å²) >= 11 is 1.34. The molecule has 2 aliphatic rings. The van der Waals surface area contributed by atoms with Crippen LogP contribution in [-0.2, 0) is 9.59 Å². The SMILES string of the molecule is CCOc1ccc(NC(=O)CSC2NC(c3ccc(OC)cc3)NC3C2C(=O)N(C)C(=O)N3C)cc1. The lowest BCUT2D eigenvalue weighted by molar-refractivity contribution is -0.140. The Balaban J connectivity index is 1.49. The third-order valence-electron chi connectivity index (χ3n) is 6.25. The van der Waals surface area contributed by atoms with Crippen molar-refractivity contribution in [1.82, 2.24) is 20.4 Å². The molecule has 0 spiro atoms. The van der Waals surface area contributed by atoms with Gasteiger partial charge in [-0.3, -0.25) is 25.1 Å². The molecule has 0 aromatic heterocycles. The summed E-state index contributed by atoms with van der Waals surface area (Å²) < 4.78 is 10.7. The maximum atomic E-state index is 13.1. The van der Waals surface area contributed by atoms with Gasteiger partial charge in [-0.1, -0.05) is 12.1 Å². The normalized spacial score (nSPS) is 23.8. The fourth-order valence-electron chi connectivity index (χ4n) is 4.35. The van der Waals surface area contributed by atoms with E-state index in [2.05, 4.69) is 16.0 Å². The van der Waals surface area contributed by atoms with E-state index in [4.69, 9.17) is 9.47 Å². The Bertz CT molecular complexity index is 1100. The number of hydrogen-bond acceptors (Lipinski definition) is 8. The van der Waals surface area contributed by atoms with Gasteiger partial charge in [0.05, 0.1) is 43.1 Å². The van der Waals surface area contributed by atoms with E-state index in [1.165, 1.54) is 23.7 Å². The highest BCUT2D eigenvalue weighted by Gasteiger charge is 2.51. The van der Waals surface area contributed by atoms with Crippen molar-refractivity contribution >= 4 is 35.3 Å². The molecule has 2 saturated heterocycles. The van der Waals surface area contributed by atoms with Gasteiger partial charge in [-0.15, -0.1) is 11.8 Å². The van der Waals surface area contributed by atoms with Gasteiger partial charge in [-0.25, -0.2) is 4.79 Å². The molecule has 192 valence electrons. The number of urea groups is 1. The molecule has 0 aliphatic carbocycles. The van der Waals surface area contributed by atoms with Crippen molar-refractivity contribution in [3.05, 3.63) is 54.1 Å². The van der Waals surface area contributed by atoms with Gasteiger partial charge in [0.1, 0.15) is 11.5 Å². The number of nitrogens with zero attached hydrogens (tertiary/aromatic N) is 2. The fraction of sp³-hybridized carbons (Fsp3) is 0.400. The zero-order valence-electron chi connectivity index (χ0n) is 20.7. The Morgan fingerprint density at radius 3 is 2.33 bits per heavy atom. The minimum Gasteiger partial charge on any atom is -0.497 e. The van der Waals surface area contributed by atoms with Gasteiger partial charge in [0.25, 0.3) is 0 Å². The summed E-state index contributed by atoms with van der Waals surface area (Å²) in [6.45, 7) is 2.48. The summed E-state index contributed by atoms with van der Waals surface area (Å²) in [4.78, 5) is 41.2. The topological polar surface area (TPSA) is 112 Å². The number of benzene rings is 2. The number of methoxy groups -OCH3 is 1. The van der Waals surface area contributed by atoms with E-state index in [-0.39, 0.29) is 29.8 Å². The maximum Gasteiger partial charge on any atom is 0.327 e. The van der Waals surface area contributed by atoms with Crippen molar-refractivity contribution in [2.24, 2.45) is 5.92 Å². The Morgan fingerprint density at radius 2 is 1.69 bits per heavy atom. The molecule has 0 bridgehead atoms. The summed E-state index contributed by atoms with van der Waals surface area (Å²) in [6.07, 6.45) is -0.864. The molecule has 2 fully saturated rings. The second kappa shape index (κ2) is 11.2. The molecular weight excluding hydrogens is 482 g/mol. The monoisotopic (exact) mass is 513 g/mol. The molecule has 4 rings (SSSR count). The number of nitrogens with one attached hydrogen (secondary N) is 3. The number of fused-ring (bicyclic) bond motifs is 1. The van der Waals surface area contributed by atoms with Crippen molar-refractivity contribution in [2.75, 3.05) is 38.9 Å². The average molecular weight is 514 g/mol. The van der Waals surface area contributed by atoms with Crippen LogP contribution in [0.4, 0.5) is 10.5 Å². The second-order valence-electron chi connectivity index (χ2n) is 8.54. The predicted octanol–water partition coefficient (Wildman–Crippen LogP) is 2.45. The first-order valence-corrected chi connectivity index (χ1v) is 12.7. The molecule has 0 saturated carbocycles. The Labute approximate surface area is 214 Å². The third-order valence-corrected chi connectivity index (χ3v) is 7.47. The molecule has 4 unspecified atom stereocenters. The molecule has 36 heavy (non-hydrogen) atoms. The van der Waals surface area contributed by atoms with Crippen LogP contribution in [0.3, 0.4) is 0 Å². The van der Waals surface area contributed by atoms with Gasteiger partial charge in [0.2, 0.25) is 11.8 Å². The Kier molecular flexibility index (Phi) is 8.02. The number of thioether (sulfide) groups is 1. The van der Waals surface area contributed by atoms with Crippen LogP contribution in [0.2, 0.25) is 0 Å². The lowest BCUT2D eigenvalue weighted by Crippen LogP contribution is -2.72. The smallest absolute Gasteiger partial charge is 0.327 e. The summed E-state index contributed by atoms with van der Waals surface area (Å²) in [5.41, 5.74) is 1.58. The van der Waals surface area contributed by atoms with Crippen molar-refractivity contribution in [2.45, 2.75) is 24.6 Å². The van der Waals surface area contributed by atoms with Gasteiger partial charge in [-0.2, -0.15) is 0 Å². The summed E-state index contributed by atoms with van der Waals surface area (Å²) in [5, 5.41) is 9.32. The van der Waals surface area contributed by atoms with Crippen LogP contribution in [0.15, 0.2) is 48.5 Å². The zero-order chi connectivity index (χ0) is 25.8. The fourth-order valence-corrected chi connectivity index (χ4v) is 5.46. The largest absolute Gasteiger partial charge is 0.497 e. The van der Waals surface area contributed by atoms with Crippen molar-refractivity contribution < 1.29 is 23.9 Å². The minimum absolute atomic E-state index is 0.123. The first kappa shape index (κ1) is 25.8. The lowest BCUT2D eigenvalue weighted by atomic mass is 9.96. The van der Waals surface area contributed by atoms with E-state index in [1.54, 1.807) is 38.4 Å². The van der Waals surface area contributed by atoms with Crippen LogP contribution >= 0.6 is 11.8 Å². The number of rotatable bonds is 8. The third kappa shape index (κ3) is 5.43. The van der Waals surface area contributed by atoms with Crippen LogP contribution in [0, 0.1) is 5.92 Å². The lowest BCUT2D eigenvalue weighted by Gasteiger charge is -2.50. The predicted molar refractivity (Wildman–Crippen MR) is 138 cm³/mol. The van der Waals surface area contributed by atoms with E-state index in [0.29, 0.717) is 12.3 Å². The summed E-state index contributed by atoms with van der Waals surface area (Å²) in [5.74, 6) is 0.529. The molecule has 2 heterocycles. The number of amides is 4. The highest BCUT2D eigenvalue weighted by molar-refractivity contribution is 8.00. The molecule has 11 heteroatoms. The molecule has 2 aliphatic heterocycles. The van der Waals surface area contributed by atoms with Crippen LogP contribution in [0.5, 0.6) is 11.5 Å². The molecular formula is C25H31N5O5S. The quantitative estimate of drug-likeness (QED) is 0.494. The van der Waals surface area contributed by atoms with Gasteiger partial charge in [-0.05, 0) is 48.9 Å². The van der Waals surface area contributed by atoms with Crippen LogP contribution < -0.4 is 25.4 Å². The van der Waals surface area contributed by atoms with Crippen molar-refractivity contribution in [3.63, 3.8) is 0 Å². The van der Waals surface area contributed by atoms with Crippen LogP contribution in [-0.4, -0.2) is 72.7 Å². The second-order valence-corrected chi connectivity index (χ2v) is 9.67. The standard InChI is InChI=1S/C25H31N5O5S/c1-5-35-18-12-8-16(9-13-18)26-19(31)14-36-23-20-22(29(2)25(33)30(3)24(20)32)27-21(28-23)15-6-10-17(34-4)11-7-15/h6-13,20-23,27-28H,5,14H2,1-4H3,(H,26,31). The van der Waals surface area contributed by atoms with E-state index in [9.17, 15) is 14.4 Å². The molecule has 10 nitrogen and oxygen atoms in total. The van der Waals surface area contributed by atoms with E-state index in [0.717, 1.165) is 22.0 Å². The van der Waals surface area contributed by atoms with Crippen LogP contribution in [0.1, 0.15) is 18.7 Å². The molecule has 2 aromatic carbocycles. The van der Waals surface area contributed by atoms with Gasteiger partial charge >= 0.3 is 6.03 Å². The van der Waals surface area contributed by atoms with Crippen LogP contribution in [0.25, 0.3) is 0 Å². The Hall–Kier alpha value is -3.28. The molecule has 4 atom stereocenters. The molecule has 0 radical (unpaired) electrons. The van der Waals surface area contributed by atoms with E-state index in [1.807, 2.05) is 31.2 Å². The number of anilines is 1. The summed E-state index contributed by atoms with van der Waals surface area (Å²) in [6, 6.07) is 14.3. The summed E-state index contributed by atoms with van der Waals surface area (Å²) in [7, 11) is 4.76. The van der Waals surface area contributed by atoms with Gasteiger partial charge < -0.3 is 19.7 Å². The number of imide groups is 1. The molecule has 3 N–H and O–H groups in total. The minimum atomic E-state index is -0.574. The van der Waals surface area contributed by atoms with Crippen molar-refractivity contribution in [1.29, 1.82) is 0 Å². The molecule has 4 amide bonds. The number of ether oxygens (including phenoxy) is 2. The Morgan fingerprint density at radius 1 is 1.03 bits per heavy atom. The first-order valence-electron chi connectivity index (χ1n) is 11.7. The number of carbonyl (C=O) groups excluding carboxylic acids is 3. The highest BCUT2D eigenvalue weighted by Crippen LogP contribution is 2.34. The molecule has 2 aromatic rings. The van der Waals surface area contributed by atoms with Gasteiger partial charge in [0.15, 0.2) is 0 Å². The van der Waals surface area contributed by atoms with Gasteiger partial charge in [0, 0.05) is 19.8 Å².